The average Bonchev–Trinajstić information content (AvgIpc) is 2.71. The van der Waals surface area contributed by atoms with Crippen molar-refractivity contribution < 1.29 is 13.2 Å². The Balaban J connectivity index is 2.03. The third-order valence-corrected chi connectivity index (χ3v) is 3.74. The molecule has 0 amide bonds. The second-order valence-electron chi connectivity index (χ2n) is 5.37. The molecular weight excluding hydrogens is 239 g/mol. The Kier molecular flexibility index (Phi) is 3.41. The summed E-state index contributed by atoms with van der Waals surface area (Å²) in [5.41, 5.74) is 6.81. The van der Waals surface area contributed by atoms with Crippen LogP contribution in [0, 0.1) is 0 Å². The van der Waals surface area contributed by atoms with E-state index in [-0.39, 0.29) is 6.42 Å². The number of benzene rings is 1. The van der Waals surface area contributed by atoms with E-state index in [9.17, 15) is 13.2 Å². The minimum Gasteiger partial charge on any atom is -0.318 e. The third-order valence-electron chi connectivity index (χ3n) is 3.74. The van der Waals surface area contributed by atoms with Crippen molar-refractivity contribution in [1.82, 2.24) is 0 Å². The molecule has 0 radical (unpaired) electrons. The molecule has 0 fully saturated rings. The summed E-state index contributed by atoms with van der Waals surface area (Å²) in [6.07, 6.45) is -0.760. The number of hydrogen-bond donors (Lipinski definition) is 1. The maximum Gasteiger partial charge on any atom is 0.406 e. The summed E-state index contributed by atoms with van der Waals surface area (Å²) in [6.45, 7) is 1.06. The minimum atomic E-state index is -4.34. The van der Waals surface area contributed by atoms with Gasteiger partial charge in [-0.05, 0) is 55.7 Å². The lowest BCUT2D eigenvalue weighted by molar-refractivity contribution is -0.182. The second-order valence-corrected chi connectivity index (χ2v) is 5.37. The van der Waals surface area contributed by atoms with Crippen LogP contribution in [0.25, 0.3) is 0 Å². The normalized spacial score (nSPS) is 18.5. The van der Waals surface area contributed by atoms with Crippen LogP contribution in [0.2, 0.25) is 0 Å². The van der Waals surface area contributed by atoms with Crippen LogP contribution in [0.4, 0.5) is 13.2 Å². The van der Waals surface area contributed by atoms with Gasteiger partial charge in [-0.2, -0.15) is 13.2 Å². The highest BCUT2D eigenvalue weighted by molar-refractivity contribution is 5.35. The highest BCUT2D eigenvalue weighted by atomic mass is 19.4. The molecule has 100 valence electrons. The fourth-order valence-corrected chi connectivity index (χ4v) is 2.33. The summed E-state index contributed by atoms with van der Waals surface area (Å²) in [5, 5.41) is 0. The van der Waals surface area contributed by atoms with Gasteiger partial charge in [0.05, 0.1) is 0 Å². The van der Waals surface area contributed by atoms with Gasteiger partial charge in [-0.15, -0.1) is 0 Å². The van der Waals surface area contributed by atoms with E-state index in [1.165, 1.54) is 11.1 Å². The predicted octanol–water partition coefficient (Wildman–Crippen LogP) is 3.39. The van der Waals surface area contributed by atoms with Crippen LogP contribution in [0.3, 0.4) is 0 Å². The van der Waals surface area contributed by atoms with Gasteiger partial charge in [-0.1, -0.05) is 18.2 Å². The average molecular weight is 257 g/mol. The number of fused-ring (bicyclic) bond motifs is 1. The summed E-state index contributed by atoms with van der Waals surface area (Å²) in [7, 11) is 0. The van der Waals surface area contributed by atoms with E-state index in [0.29, 0.717) is 6.42 Å². The van der Waals surface area contributed by atoms with E-state index in [2.05, 4.69) is 0 Å². The lowest BCUT2D eigenvalue weighted by Gasteiger charge is -2.27. The maximum absolute atomic E-state index is 12.6. The number of rotatable bonds is 3. The van der Waals surface area contributed by atoms with E-state index in [1.807, 2.05) is 18.2 Å². The van der Waals surface area contributed by atoms with E-state index in [1.54, 1.807) is 0 Å². The first-order chi connectivity index (χ1) is 8.29. The van der Waals surface area contributed by atoms with Crippen molar-refractivity contribution in [2.75, 3.05) is 0 Å². The fraction of sp³-hybridized carbons (Fsp3) is 0.571. The van der Waals surface area contributed by atoms with Crippen molar-refractivity contribution in [3.63, 3.8) is 0 Å². The fourth-order valence-electron chi connectivity index (χ4n) is 2.33. The molecule has 0 saturated carbocycles. The van der Waals surface area contributed by atoms with E-state index in [4.69, 9.17) is 5.73 Å². The molecule has 1 aliphatic carbocycles. The molecule has 2 N–H and O–H groups in total. The summed E-state index contributed by atoms with van der Waals surface area (Å²) in [5.74, 6) is 0. The Morgan fingerprint density at radius 2 is 1.83 bits per heavy atom. The van der Waals surface area contributed by atoms with Crippen LogP contribution < -0.4 is 5.73 Å². The summed E-state index contributed by atoms with van der Waals surface area (Å²) in [4.78, 5) is 0. The van der Waals surface area contributed by atoms with Crippen molar-refractivity contribution in [2.24, 2.45) is 5.73 Å². The maximum atomic E-state index is 12.6. The number of alkyl halides is 3. The molecule has 0 aromatic heterocycles. The molecule has 0 heterocycles. The Hall–Kier alpha value is -1.03. The molecule has 1 atom stereocenters. The van der Waals surface area contributed by atoms with Crippen LogP contribution in [0.15, 0.2) is 18.2 Å². The van der Waals surface area contributed by atoms with Gasteiger partial charge in [-0.3, -0.25) is 0 Å². The highest BCUT2D eigenvalue weighted by Gasteiger charge is 2.47. The van der Waals surface area contributed by atoms with Gasteiger partial charge >= 0.3 is 6.18 Å². The summed E-state index contributed by atoms with van der Waals surface area (Å²) >= 11 is 0. The van der Waals surface area contributed by atoms with E-state index >= 15 is 0 Å². The topological polar surface area (TPSA) is 26.0 Å². The van der Waals surface area contributed by atoms with Crippen LogP contribution in [0.1, 0.15) is 36.5 Å². The third kappa shape index (κ3) is 2.69. The van der Waals surface area contributed by atoms with E-state index in [0.717, 1.165) is 31.7 Å². The van der Waals surface area contributed by atoms with Crippen molar-refractivity contribution in [2.45, 2.75) is 50.7 Å². The molecule has 0 aliphatic heterocycles. The van der Waals surface area contributed by atoms with Crippen LogP contribution in [-0.2, 0) is 19.3 Å². The molecule has 0 bridgehead atoms. The number of halogens is 3. The minimum absolute atomic E-state index is 0.0741. The molecule has 0 saturated heterocycles. The van der Waals surface area contributed by atoms with Crippen LogP contribution >= 0.6 is 0 Å². The molecule has 1 aromatic carbocycles. The quantitative estimate of drug-likeness (QED) is 0.882. The Morgan fingerprint density at radius 1 is 1.17 bits per heavy atom. The molecule has 18 heavy (non-hydrogen) atoms. The zero-order chi connectivity index (χ0) is 13.4. The summed E-state index contributed by atoms with van der Waals surface area (Å²) < 4.78 is 37.9. The van der Waals surface area contributed by atoms with Crippen LogP contribution in [0.5, 0.6) is 0 Å². The largest absolute Gasteiger partial charge is 0.406 e. The molecule has 1 nitrogen and oxygen atoms in total. The zero-order valence-electron chi connectivity index (χ0n) is 10.5. The van der Waals surface area contributed by atoms with Gasteiger partial charge in [0.25, 0.3) is 0 Å². The number of hydrogen-bond acceptors (Lipinski definition) is 1. The Labute approximate surface area is 105 Å². The van der Waals surface area contributed by atoms with Crippen molar-refractivity contribution in [1.29, 1.82) is 0 Å². The first-order valence-electron chi connectivity index (χ1n) is 6.26. The standard InChI is InChI=1S/C14H18F3N/c1-13(18,14(15,16)17)8-7-10-5-6-11-3-2-4-12(11)9-10/h5-6,9H,2-4,7-8,18H2,1H3. The molecule has 1 unspecified atom stereocenters. The molecule has 4 heteroatoms. The van der Waals surface area contributed by atoms with Crippen LogP contribution in [-0.4, -0.2) is 11.7 Å². The van der Waals surface area contributed by atoms with Crippen molar-refractivity contribution >= 4 is 0 Å². The Bertz CT molecular complexity index is 435. The lowest BCUT2D eigenvalue weighted by atomic mass is 9.93. The molecule has 1 aliphatic rings. The summed E-state index contributed by atoms with van der Waals surface area (Å²) in [6, 6.07) is 6.00. The van der Waals surface area contributed by atoms with Gasteiger partial charge in [0.2, 0.25) is 0 Å². The van der Waals surface area contributed by atoms with Gasteiger partial charge in [-0.25, -0.2) is 0 Å². The predicted molar refractivity (Wildman–Crippen MR) is 65.4 cm³/mol. The second kappa shape index (κ2) is 4.57. The number of nitrogens with two attached hydrogens (primary N) is 1. The zero-order valence-corrected chi connectivity index (χ0v) is 10.5. The van der Waals surface area contributed by atoms with Gasteiger partial charge < -0.3 is 5.73 Å². The highest BCUT2D eigenvalue weighted by Crippen LogP contribution is 2.32. The van der Waals surface area contributed by atoms with Crippen molar-refractivity contribution in [3.05, 3.63) is 34.9 Å². The Morgan fingerprint density at radius 3 is 2.50 bits per heavy atom. The van der Waals surface area contributed by atoms with Crippen molar-refractivity contribution in [3.8, 4) is 0 Å². The lowest BCUT2D eigenvalue weighted by Crippen LogP contribution is -2.50. The smallest absolute Gasteiger partial charge is 0.318 e. The molecule has 1 aromatic rings. The SMILES string of the molecule is CC(N)(CCc1ccc2c(c1)CCC2)C(F)(F)F. The number of aryl methyl sites for hydroxylation is 3. The van der Waals surface area contributed by atoms with Gasteiger partial charge in [0.15, 0.2) is 0 Å². The molecule has 2 rings (SSSR count). The van der Waals surface area contributed by atoms with Gasteiger partial charge in [0.1, 0.15) is 5.54 Å². The monoisotopic (exact) mass is 257 g/mol. The van der Waals surface area contributed by atoms with Gasteiger partial charge in [0, 0.05) is 0 Å². The molecular formula is C14H18F3N. The van der Waals surface area contributed by atoms with E-state index < -0.39 is 11.7 Å². The first kappa shape index (κ1) is 13.4. The first-order valence-corrected chi connectivity index (χ1v) is 6.26. The molecule has 0 spiro atoms.